The minimum atomic E-state index is -0.363. The van der Waals surface area contributed by atoms with Crippen molar-refractivity contribution in [2.75, 3.05) is 12.3 Å². The fourth-order valence-corrected chi connectivity index (χ4v) is 1.64. The molecule has 15 heavy (non-hydrogen) atoms. The summed E-state index contributed by atoms with van der Waals surface area (Å²) in [4.78, 5) is 11.5. The van der Waals surface area contributed by atoms with E-state index in [1.165, 1.54) is 0 Å². The second-order valence-electron chi connectivity index (χ2n) is 3.25. The third-order valence-electron chi connectivity index (χ3n) is 2.13. The summed E-state index contributed by atoms with van der Waals surface area (Å²) in [6.45, 7) is 3.90. The van der Waals surface area contributed by atoms with Gasteiger partial charge in [-0.2, -0.15) is 0 Å². The Labute approximate surface area is 94.2 Å². The predicted molar refractivity (Wildman–Crippen MR) is 60.9 cm³/mol. The normalized spacial score (nSPS) is 12.2. The monoisotopic (exact) mass is 227 g/mol. The van der Waals surface area contributed by atoms with E-state index in [4.69, 9.17) is 22.1 Å². The Morgan fingerprint density at radius 3 is 2.80 bits per heavy atom. The van der Waals surface area contributed by atoms with Crippen molar-refractivity contribution in [1.82, 2.24) is 0 Å². The van der Waals surface area contributed by atoms with Crippen LogP contribution in [0.1, 0.15) is 25.3 Å². The molecular formula is C11H14ClNO2. The summed E-state index contributed by atoms with van der Waals surface area (Å²) in [5.74, 6) is -0.637. The van der Waals surface area contributed by atoms with Crippen molar-refractivity contribution in [3.63, 3.8) is 0 Å². The number of rotatable bonds is 3. The van der Waals surface area contributed by atoms with Gasteiger partial charge in [-0.3, -0.25) is 4.79 Å². The van der Waals surface area contributed by atoms with Gasteiger partial charge in [-0.25, -0.2) is 0 Å². The number of anilines is 1. The molecule has 4 heteroatoms. The fourth-order valence-electron chi connectivity index (χ4n) is 1.29. The molecule has 1 rings (SSSR count). The maximum absolute atomic E-state index is 11.5. The van der Waals surface area contributed by atoms with Gasteiger partial charge in [-0.05, 0) is 31.5 Å². The number of carbonyl (C=O) groups is 1. The van der Waals surface area contributed by atoms with E-state index in [1.807, 2.05) is 0 Å². The second-order valence-corrected chi connectivity index (χ2v) is 3.66. The summed E-state index contributed by atoms with van der Waals surface area (Å²) in [7, 11) is 0. The van der Waals surface area contributed by atoms with Crippen molar-refractivity contribution >= 4 is 23.3 Å². The Balaban J connectivity index is 2.91. The lowest BCUT2D eigenvalue weighted by atomic mass is 10.0. The standard InChI is InChI=1S/C11H14ClNO2/c1-3-15-11(14)7(2)9-5-4-8(13)6-10(9)12/h4-7H,3,13H2,1-2H3. The molecule has 1 aromatic carbocycles. The van der Waals surface area contributed by atoms with Crippen LogP contribution in [0.25, 0.3) is 0 Å². The number of nitrogens with two attached hydrogens (primary N) is 1. The average molecular weight is 228 g/mol. The molecule has 0 aliphatic heterocycles. The van der Waals surface area contributed by atoms with Crippen LogP contribution in [0, 0.1) is 0 Å². The number of halogens is 1. The summed E-state index contributed by atoms with van der Waals surface area (Å²) in [5.41, 5.74) is 6.89. The van der Waals surface area contributed by atoms with Gasteiger partial charge < -0.3 is 10.5 Å². The molecule has 0 amide bonds. The third-order valence-corrected chi connectivity index (χ3v) is 2.46. The molecule has 0 aliphatic rings. The number of benzene rings is 1. The zero-order valence-corrected chi connectivity index (χ0v) is 9.54. The quantitative estimate of drug-likeness (QED) is 0.638. The Bertz CT molecular complexity index is 366. The number of hydrogen-bond acceptors (Lipinski definition) is 3. The van der Waals surface area contributed by atoms with E-state index in [1.54, 1.807) is 32.0 Å². The Morgan fingerprint density at radius 2 is 2.27 bits per heavy atom. The van der Waals surface area contributed by atoms with Crippen molar-refractivity contribution in [3.8, 4) is 0 Å². The minimum Gasteiger partial charge on any atom is -0.466 e. The highest BCUT2D eigenvalue weighted by Gasteiger charge is 2.18. The SMILES string of the molecule is CCOC(=O)C(C)c1ccc(N)cc1Cl. The van der Waals surface area contributed by atoms with E-state index in [2.05, 4.69) is 0 Å². The molecule has 1 aromatic rings. The largest absolute Gasteiger partial charge is 0.466 e. The summed E-state index contributed by atoms with van der Waals surface area (Å²) in [6.07, 6.45) is 0. The topological polar surface area (TPSA) is 52.3 Å². The molecule has 0 aromatic heterocycles. The first-order valence-corrected chi connectivity index (χ1v) is 5.15. The van der Waals surface area contributed by atoms with Crippen LogP contribution in [0.4, 0.5) is 5.69 Å². The lowest BCUT2D eigenvalue weighted by molar-refractivity contribution is -0.144. The molecule has 0 spiro atoms. The zero-order chi connectivity index (χ0) is 11.4. The van der Waals surface area contributed by atoms with E-state index in [0.29, 0.717) is 17.3 Å². The maximum Gasteiger partial charge on any atom is 0.313 e. The van der Waals surface area contributed by atoms with Crippen LogP contribution in [0.3, 0.4) is 0 Å². The maximum atomic E-state index is 11.5. The van der Waals surface area contributed by atoms with Gasteiger partial charge in [0.15, 0.2) is 0 Å². The number of esters is 1. The van der Waals surface area contributed by atoms with Gasteiger partial charge >= 0.3 is 5.97 Å². The van der Waals surface area contributed by atoms with Crippen LogP contribution in [-0.2, 0) is 9.53 Å². The molecular weight excluding hydrogens is 214 g/mol. The first-order chi connectivity index (χ1) is 7.06. The number of ether oxygens (including phenoxy) is 1. The van der Waals surface area contributed by atoms with E-state index >= 15 is 0 Å². The summed E-state index contributed by atoms with van der Waals surface area (Å²) < 4.78 is 4.91. The Morgan fingerprint density at radius 1 is 1.60 bits per heavy atom. The molecule has 0 bridgehead atoms. The van der Waals surface area contributed by atoms with Gasteiger partial charge in [0.05, 0.1) is 12.5 Å². The van der Waals surface area contributed by atoms with Crippen molar-refractivity contribution < 1.29 is 9.53 Å². The van der Waals surface area contributed by atoms with Crippen LogP contribution in [0.15, 0.2) is 18.2 Å². The van der Waals surface area contributed by atoms with Crippen molar-refractivity contribution in [3.05, 3.63) is 28.8 Å². The number of nitrogen functional groups attached to an aromatic ring is 1. The van der Waals surface area contributed by atoms with Crippen molar-refractivity contribution in [2.24, 2.45) is 0 Å². The van der Waals surface area contributed by atoms with Crippen LogP contribution in [0.5, 0.6) is 0 Å². The molecule has 0 saturated heterocycles. The van der Waals surface area contributed by atoms with Crippen molar-refractivity contribution in [2.45, 2.75) is 19.8 Å². The van der Waals surface area contributed by atoms with E-state index in [0.717, 1.165) is 5.56 Å². The van der Waals surface area contributed by atoms with Gasteiger partial charge in [-0.15, -0.1) is 0 Å². The van der Waals surface area contributed by atoms with E-state index in [-0.39, 0.29) is 11.9 Å². The highest BCUT2D eigenvalue weighted by molar-refractivity contribution is 6.31. The van der Waals surface area contributed by atoms with Gasteiger partial charge in [0.2, 0.25) is 0 Å². The highest BCUT2D eigenvalue weighted by Crippen LogP contribution is 2.27. The molecule has 0 aliphatic carbocycles. The first-order valence-electron chi connectivity index (χ1n) is 4.77. The van der Waals surface area contributed by atoms with Crippen LogP contribution < -0.4 is 5.73 Å². The molecule has 82 valence electrons. The van der Waals surface area contributed by atoms with Gasteiger partial charge in [-0.1, -0.05) is 17.7 Å². The molecule has 0 saturated carbocycles. The lowest BCUT2D eigenvalue weighted by Gasteiger charge is -2.12. The fraction of sp³-hybridized carbons (Fsp3) is 0.364. The van der Waals surface area contributed by atoms with E-state index in [9.17, 15) is 4.79 Å². The predicted octanol–water partition coefficient (Wildman–Crippen LogP) is 2.59. The van der Waals surface area contributed by atoms with Crippen LogP contribution >= 0.6 is 11.6 Å². The lowest BCUT2D eigenvalue weighted by Crippen LogP contribution is -2.13. The molecule has 2 N–H and O–H groups in total. The molecule has 0 fully saturated rings. The summed E-state index contributed by atoms with van der Waals surface area (Å²) in [6, 6.07) is 5.10. The first kappa shape index (κ1) is 11.9. The highest BCUT2D eigenvalue weighted by atomic mass is 35.5. The molecule has 0 radical (unpaired) electrons. The molecule has 3 nitrogen and oxygen atoms in total. The smallest absolute Gasteiger partial charge is 0.313 e. The second kappa shape index (κ2) is 5.03. The van der Waals surface area contributed by atoms with Gasteiger partial charge in [0.25, 0.3) is 0 Å². The zero-order valence-electron chi connectivity index (χ0n) is 8.79. The van der Waals surface area contributed by atoms with Gasteiger partial charge in [0.1, 0.15) is 0 Å². The molecule has 1 unspecified atom stereocenters. The summed E-state index contributed by atoms with van der Waals surface area (Å²) >= 11 is 5.98. The van der Waals surface area contributed by atoms with Gasteiger partial charge in [0, 0.05) is 10.7 Å². The number of carbonyl (C=O) groups excluding carboxylic acids is 1. The Hall–Kier alpha value is -1.22. The molecule has 0 heterocycles. The van der Waals surface area contributed by atoms with Crippen molar-refractivity contribution in [1.29, 1.82) is 0 Å². The molecule has 1 atom stereocenters. The van der Waals surface area contributed by atoms with Crippen LogP contribution in [0.2, 0.25) is 5.02 Å². The van der Waals surface area contributed by atoms with Crippen LogP contribution in [-0.4, -0.2) is 12.6 Å². The average Bonchev–Trinajstić information content (AvgIpc) is 2.17. The minimum absolute atomic E-state index is 0.274. The third kappa shape index (κ3) is 2.86. The number of hydrogen-bond donors (Lipinski definition) is 1. The Kier molecular flexibility index (Phi) is 3.97. The summed E-state index contributed by atoms with van der Waals surface area (Å²) in [5, 5.41) is 0.496. The van der Waals surface area contributed by atoms with E-state index < -0.39 is 0 Å².